The van der Waals surface area contributed by atoms with Crippen molar-refractivity contribution in [2.24, 2.45) is 0 Å². The summed E-state index contributed by atoms with van der Waals surface area (Å²) in [6.07, 6.45) is 2.27. The van der Waals surface area contributed by atoms with Crippen molar-refractivity contribution in [3.8, 4) is 0 Å². The molecule has 7 heteroatoms. The molecule has 1 amide bonds. The van der Waals surface area contributed by atoms with Gasteiger partial charge in [-0.05, 0) is 18.0 Å². The summed E-state index contributed by atoms with van der Waals surface area (Å²) in [4.78, 5) is 11.5. The Morgan fingerprint density at radius 1 is 1.56 bits per heavy atom. The zero-order valence-corrected chi connectivity index (χ0v) is 8.81. The van der Waals surface area contributed by atoms with Crippen molar-refractivity contribution in [2.45, 2.75) is 25.4 Å². The van der Waals surface area contributed by atoms with Gasteiger partial charge in [0, 0.05) is 13.2 Å². The Hall–Kier alpha value is -1.63. The van der Waals surface area contributed by atoms with E-state index in [1.807, 2.05) is 0 Å². The average Bonchev–Trinajstić information content (AvgIpc) is 2.88. The zero-order chi connectivity index (χ0) is 11.4. The van der Waals surface area contributed by atoms with Crippen LogP contribution >= 0.6 is 0 Å². The predicted octanol–water partition coefficient (Wildman–Crippen LogP) is -0.511. The van der Waals surface area contributed by atoms with Crippen LogP contribution < -0.4 is 11.1 Å². The molecule has 1 aliphatic heterocycles. The highest BCUT2D eigenvalue weighted by Gasteiger charge is 2.17. The van der Waals surface area contributed by atoms with E-state index in [4.69, 9.17) is 10.5 Å². The third kappa shape index (κ3) is 2.69. The molecule has 88 valence electrons. The molecule has 2 rings (SSSR count). The number of aromatic nitrogens is 2. The van der Waals surface area contributed by atoms with Gasteiger partial charge in [0.1, 0.15) is 5.69 Å². The first kappa shape index (κ1) is 10.9. The van der Waals surface area contributed by atoms with Crippen LogP contribution in [-0.4, -0.2) is 35.5 Å². The summed E-state index contributed by atoms with van der Waals surface area (Å²) in [5, 5.41) is 9.69. The monoisotopic (exact) mass is 226 g/mol. The van der Waals surface area contributed by atoms with E-state index in [1.165, 1.54) is 0 Å². The Morgan fingerprint density at radius 3 is 3.06 bits per heavy atom. The Labute approximate surface area is 92.3 Å². The number of ether oxygens (including phenoxy) is 1. The summed E-state index contributed by atoms with van der Waals surface area (Å²) >= 11 is 0. The lowest BCUT2D eigenvalue weighted by Gasteiger charge is -2.09. The number of anilines is 1. The topological polar surface area (TPSA) is 103 Å². The summed E-state index contributed by atoms with van der Waals surface area (Å²) in [5.74, 6) is 0.00478. The van der Waals surface area contributed by atoms with E-state index in [0.29, 0.717) is 12.2 Å². The van der Waals surface area contributed by atoms with Crippen molar-refractivity contribution in [3.05, 3.63) is 5.69 Å². The van der Waals surface area contributed by atoms with Gasteiger partial charge < -0.3 is 15.8 Å². The smallest absolute Gasteiger partial charge is 0.226 e. The number of nitrogen functional groups attached to an aromatic ring is 1. The van der Waals surface area contributed by atoms with E-state index in [0.717, 1.165) is 19.4 Å². The van der Waals surface area contributed by atoms with Gasteiger partial charge in [-0.15, -0.1) is 0 Å². The molecule has 0 spiro atoms. The van der Waals surface area contributed by atoms with Gasteiger partial charge in [0.15, 0.2) is 5.82 Å². The second kappa shape index (κ2) is 4.93. The van der Waals surface area contributed by atoms with E-state index in [9.17, 15) is 4.79 Å². The average molecular weight is 226 g/mol. The first-order valence-corrected chi connectivity index (χ1v) is 5.21. The van der Waals surface area contributed by atoms with E-state index in [-0.39, 0.29) is 24.2 Å². The molecule has 1 aliphatic rings. The molecule has 1 fully saturated rings. The Kier molecular flexibility index (Phi) is 3.35. The fourth-order valence-corrected chi connectivity index (χ4v) is 1.58. The first-order chi connectivity index (χ1) is 7.75. The van der Waals surface area contributed by atoms with Crippen molar-refractivity contribution >= 4 is 11.7 Å². The van der Waals surface area contributed by atoms with Gasteiger partial charge in [-0.25, -0.2) is 4.63 Å². The number of amides is 1. The molecule has 0 aromatic carbocycles. The maximum absolute atomic E-state index is 11.5. The molecule has 1 atom stereocenters. The van der Waals surface area contributed by atoms with Crippen LogP contribution in [0, 0.1) is 0 Å². The van der Waals surface area contributed by atoms with Crippen LogP contribution in [0.2, 0.25) is 0 Å². The number of rotatable bonds is 4. The fraction of sp³-hybridized carbons (Fsp3) is 0.667. The third-order valence-electron chi connectivity index (χ3n) is 2.46. The molecule has 16 heavy (non-hydrogen) atoms. The molecular weight excluding hydrogens is 212 g/mol. The summed E-state index contributed by atoms with van der Waals surface area (Å²) in [6.45, 7) is 1.31. The van der Waals surface area contributed by atoms with Crippen LogP contribution in [0.1, 0.15) is 18.5 Å². The molecule has 1 aromatic rings. The Bertz CT molecular complexity index is 359. The molecule has 0 aliphatic carbocycles. The van der Waals surface area contributed by atoms with Gasteiger partial charge in [0.05, 0.1) is 12.5 Å². The van der Waals surface area contributed by atoms with E-state index in [2.05, 4.69) is 20.3 Å². The minimum absolute atomic E-state index is 0.0854. The number of nitrogens with zero attached hydrogens (tertiary/aromatic N) is 2. The van der Waals surface area contributed by atoms with Crippen LogP contribution in [0.25, 0.3) is 0 Å². The fourth-order valence-electron chi connectivity index (χ4n) is 1.58. The largest absolute Gasteiger partial charge is 0.379 e. The quantitative estimate of drug-likeness (QED) is 0.716. The molecule has 0 bridgehead atoms. The van der Waals surface area contributed by atoms with E-state index in [1.54, 1.807) is 0 Å². The number of hydrogen-bond acceptors (Lipinski definition) is 6. The lowest BCUT2D eigenvalue weighted by atomic mass is 10.2. The normalized spacial score (nSPS) is 19.9. The van der Waals surface area contributed by atoms with Crippen LogP contribution in [0.5, 0.6) is 0 Å². The summed E-state index contributed by atoms with van der Waals surface area (Å²) in [7, 11) is 0. The van der Waals surface area contributed by atoms with Crippen molar-refractivity contribution in [2.75, 3.05) is 18.9 Å². The van der Waals surface area contributed by atoms with Crippen molar-refractivity contribution in [3.63, 3.8) is 0 Å². The predicted molar refractivity (Wildman–Crippen MR) is 54.4 cm³/mol. The van der Waals surface area contributed by atoms with Crippen LogP contribution in [0.15, 0.2) is 4.63 Å². The van der Waals surface area contributed by atoms with Gasteiger partial charge in [0.25, 0.3) is 0 Å². The van der Waals surface area contributed by atoms with Crippen molar-refractivity contribution in [1.82, 2.24) is 15.6 Å². The third-order valence-corrected chi connectivity index (χ3v) is 2.46. The van der Waals surface area contributed by atoms with Crippen LogP contribution in [0.3, 0.4) is 0 Å². The molecule has 1 aromatic heterocycles. The molecule has 0 saturated carbocycles. The second-order valence-corrected chi connectivity index (χ2v) is 3.71. The Balaban J connectivity index is 1.74. The summed E-state index contributed by atoms with van der Waals surface area (Å²) in [5.41, 5.74) is 5.80. The highest BCUT2D eigenvalue weighted by molar-refractivity contribution is 5.79. The minimum Gasteiger partial charge on any atom is -0.379 e. The molecule has 7 nitrogen and oxygen atoms in total. The maximum Gasteiger partial charge on any atom is 0.226 e. The summed E-state index contributed by atoms with van der Waals surface area (Å²) in [6, 6.07) is 0. The van der Waals surface area contributed by atoms with Gasteiger partial charge in [-0.1, -0.05) is 5.16 Å². The molecule has 2 heterocycles. The number of hydrogen-bond donors (Lipinski definition) is 2. The highest BCUT2D eigenvalue weighted by atomic mass is 16.6. The van der Waals surface area contributed by atoms with Crippen LogP contribution in [-0.2, 0) is 16.0 Å². The van der Waals surface area contributed by atoms with Gasteiger partial charge in [-0.2, -0.15) is 0 Å². The van der Waals surface area contributed by atoms with Crippen molar-refractivity contribution < 1.29 is 14.2 Å². The molecule has 1 saturated heterocycles. The lowest BCUT2D eigenvalue weighted by Crippen LogP contribution is -2.33. The molecule has 3 N–H and O–H groups in total. The van der Waals surface area contributed by atoms with Gasteiger partial charge in [-0.3, -0.25) is 4.79 Å². The minimum atomic E-state index is -0.155. The zero-order valence-electron chi connectivity index (χ0n) is 8.81. The number of nitrogens with two attached hydrogens (primary N) is 1. The number of carbonyl (C=O) groups excluding carboxylic acids is 1. The SMILES string of the molecule is Nc1nonc1CC(=O)NCC1CCCO1. The second-order valence-electron chi connectivity index (χ2n) is 3.71. The first-order valence-electron chi connectivity index (χ1n) is 5.21. The van der Waals surface area contributed by atoms with Gasteiger partial charge in [0.2, 0.25) is 5.91 Å². The summed E-state index contributed by atoms with van der Waals surface area (Å²) < 4.78 is 9.77. The Morgan fingerprint density at radius 2 is 2.44 bits per heavy atom. The van der Waals surface area contributed by atoms with Crippen LogP contribution in [0.4, 0.5) is 5.82 Å². The lowest BCUT2D eigenvalue weighted by molar-refractivity contribution is -0.121. The number of carbonyl (C=O) groups is 1. The molecule has 1 unspecified atom stereocenters. The van der Waals surface area contributed by atoms with E-state index < -0.39 is 0 Å². The maximum atomic E-state index is 11.5. The van der Waals surface area contributed by atoms with E-state index >= 15 is 0 Å². The van der Waals surface area contributed by atoms with Gasteiger partial charge >= 0.3 is 0 Å². The standard InChI is InChI=1S/C9H14N4O3/c10-9-7(12-16-13-9)4-8(14)11-5-6-2-1-3-15-6/h6H,1-5H2,(H2,10,13)(H,11,14). The molecule has 0 radical (unpaired) electrons. The molecular formula is C9H14N4O3. The highest BCUT2D eigenvalue weighted by Crippen LogP contribution is 2.10. The number of nitrogens with one attached hydrogen (secondary N) is 1. The van der Waals surface area contributed by atoms with Crippen molar-refractivity contribution in [1.29, 1.82) is 0 Å².